The fourth-order valence-corrected chi connectivity index (χ4v) is 6.89. The van der Waals surface area contributed by atoms with E-state index in [-0.39, 0.29) is 5.57 Å². The van der Waals surface area contributed by atoms with Crippen molar-refractivity contribution in [1.82, 2.24) is 14.7 Å². The zero-order chi connectivity index (χ0) is 27.0. The first-order chi connectivity index (χ1) is 19.2. The average molecular weight is 536 g/mol. The molecule has 5 nitrogen and oxygen atoms in total. The minimum Gasteiger partial charge on any atom is -0.354 e. The summed E-state index contributed by atoms with van der Waals surface area (Å²) < 4.78 is 0. The lowest BCUT2D eigenvalue weighted by Gasteiger charge is -2.26. The van der Waals surface area contributed by atoms with E-state index in [0.29, 0.717) is 6.54 Å². The number of benzene rings is 3. The number of rotatable bonds is 9. The molecule has 0 aliphatic carbocycles. The van der Waals surface area contributed by atoms with E-state index < -0.39 is 0 Å². The van der Waals surface area contributed by atoms with Crippen LogP contribution in [0.3, 0.4) is 0 Å². The third-order valence-electron chi connectivity index (χ3n) is 7.87. The summed E-state index contributed by atoms with van der Waals surface area (Å²) in [5, 5.41) is 22.0. The molecule has 2 aliphatic heterocycles. The van der Waals surface area contributed by atoms with Crippen LogP contribution in [0.1, 0.15) is 41.5 Å². The number of nitriles is 2. The molecule has 2 aliphatic rings. The molecule has 0 bridgehead atoms. The first-order valence-corrected chi connectivity index (χ1v) is 15.2. The maximum absolute atomic E-state index is 9.78. The van der Waals surface area contributed by atoms with Crippen LogP contribution in [-0.4, -0.2) is 53.2 Å². The Balaban J connectivity index is 1.21. The molecule has 0 N–H and O–H groups in total. The largest absolute Gasteiger partial charge is 0.354 e. The quantitative estimate of drug-likeness (QED) is 0.232. The van der Waals surface area contributed by atoms with E-state index in [1.54, 1.807) is 0 Å². The highest BCUT2D eigenvalue weighted by atomic mass is 32.2. The van der Waals surface area contributed by atoms with Gasteiger partial charge in [-0.2, -0.15) is 22.3 Å². The highest BCUT2D eigenvalue weighted by Gasteiger charge is 2.28. The Morgan fingerprint density at radius 2 is 1.54 bits per heavy atom. The van der Waals surface area contributed by atoms with Crippen molar-refractivity contribution in [3.8, 4) is 12.1 Å². The first-order valence-electron chi connectivity index (χ1n) is 14.1. The molecular weight excluding hydrogens is 498 g/mol. The van der Waals surface area contributed by atoms with Gasteiger partial charge in [0.15, 0.2) is 5.57 Å². The van der Waals surface area contributed by atoms with Crippen molar-refractivity contribution in [2.24, 2.45) is 0 Å². The summed E-state index contributed by atoms with van der Waals surface area (Å²) >= 11 is 1.92. The van der Waals surface area contributed by atoms with E-state index >= 15 is 0 Å². The topological polar surface area (TPSA) is 57.3 Å². The van der Waals surface area contributed by atoms with E-state index in [0.717, 1.165) is 43.5 Å². The summed E-state index contributed by atoms with van der Waals surface area (Å²) in [6.07, 6.45) is 4.01. The molecule has 0 atom stereocenters. The van der Waals surface area contributed by atoms with Crippen LogP contribution < -0.4 is 0 Å². The molecule has 39 heavy (non-hydrogen) atoms. The molecule has 0 radical (unpaired) electrons. The zero-order valence-corrected chi connectivity index (χ0v) is 23.7. The Morgan fingerprint density at radius 3 is 2.33 bits per heavy atom. The van der Waals surface area contributed by atoms with Crippen molar-refractivity contribution < 1.29 is 0 Å². The lowest BCUT2D eigenvalue weighted by Crippen LogP contribution is -2.29. The molecule has 0 saturated carbocycles. The molecular formula is C33H37N5S. The molecule has 0 aromatic heterocycles. The number of fused-ring (bicyclic) bond motifs is 1. The number of likely N-dealkylation sites (tertiary alicyclic amines) is 1. The first kappa shape index (κ1) is 27.1. The van der Waals surface area contributed by atoms with Gasteiger partial charge in [-0.1, -0.05) is 67.1 Å². The van der Waals surface area contributed by atoms with Gasteiger partial charge in [0, 0.05) is 44.2 Å². The third-order valence-corrected chi connectivity index (χ3v) is 8.88. The molecule has 0 spiro atoms. The summed E-state index contributed by atoms with van der Waals surface area (Å²) in [4.78, 5) is 7.03. The van der Waals surface area contributed by atoms with Gasteiger partial charge in [-0.25, -0.2) is 0 Å². The van der Waals surface area contributed by atoms with Crippen molar-refractivity contribution >= 4 is 22.5 Å². The van der Waals surface area contributed by atoms with E-state index in [2.05, 4.69) is 94.4 Å². The van der Waals surface area contributed by atoms with E-state index in [9.17, 15) is 10.5 Å². The normalized spacial score (nSPS) is 15.9. The van der Waals surface area contributed by atoms with Crippen LogP contribution in [0.15, 0.2) is 72.1 Å². The second kappa shape index (κ2) is 13.1. The molecule has 0 unspecified atom stereocenters. The van der Waals surface area contributed by atoms with Gasteiger partial charge in [-0.05, 0) is 65.9 Å². The molecule has 200 valence electrons. The second-order valence-corrected chi connectivity index (χ2v) is 11.7. The van der Waals surface area contributed by atoms with Gasteiger partial charge in [0.25, 0.3) is 0 Å². The van der Waals surface area contributed by atoms with Gasteiger partial charge in [0.2, 0.25) is 0 Å². The molecule has 6 heteroatoms. The number of thioether (sulfide) groups is 1. The van der Waals surface area contributed by atoms with Crippen LogP contribution in [0.2, 0.25) is 0 Å². The van der Waals surface area contributed by atoms with Crippen LogP contribution in [0.5, 0.6) is 0 Å². The third kappa shape index (κ3) is 6.59. The maximum atomic E-state index is 9.78. The summed E-state index contributed by atoms with van der Waals surface area (Å²) in [7, 11) is 0. The van der Waals surface area contributed by atoms with Gasteiger partial charge in [0.1, 0.15) is 18.0 Å². The number of piperidine rings is 1. The summed E-state index contributed by atoms with van der Waals surface area (Å²) in [6.45, 7) is 8.80. The van der Waals surface area contributed by atoms with E-state index in [4.69, 9.17) is 0 Å². The van der Waals surface area contributed by atoms with Crippen molar-refractivity contribution in [3.05, 3.63) is 94.3 Å². The Hall–Kier alpha value is -3.45. The van der Waals surface area contributed by atoms with Crippen molar-refractivity contribution in [2.45, 2.75) is 45.0 Å². The predicted molar refractivity (Wildman–Crippen MR) is 161 cm³/mol. The fraction of sp³-hybridized carbons (Fsp3) is 0.394. The van der Waals surface area contributed by atoms with E-state index in [1.165, 1.54) is 65.4 Å². The fourth-order valence-electron chi connectivity index (χ4n) is 5.98. The Labute approximate surface area is 237 Å². The Morgan fingerprint density at radius 1 is 0.821 bits per heavy atom. The lowest BCUT2D eigenvalue weighted by atomic mass is 9.99. The molecule has 5 rings (SSSR count). The minimum atomic E-state index is 0.208. The summed E-state index contributed by atoms with van der Waals surface area (Å²) in [5.41, 5.74) is 5.47. The molecule has 2 saturated heterocycles. The van der Waals surface area contributed by atoms with Crippen LogP contribution in [-0.2, 0) is 18.8 Å². The lowest BCUT2D eigenvalue weighted by molar-refractivity contribution is 0.221. The number of nitrogens with zero attached hydrogens (tertiary/aromatic N) is 5. The Kier molecular flexibility index (Phi) is 9.09. The van der Waals surface area contributed by atoms with Gasteiger partial charge < -0.3 is 9.80 Å². The van der Waals surface area contributed by atoms with Crippen LogP contribution in [0.4, 0.5) is 0 Å². The number of allylic oxidation sites excluding steroid dienone is 1. The number of aryl methyl sites for hydroxylation is 1. The minimum absolute atomic E-state index is 0.208. The molecule has 0 amide bonds. The summed E-state index contributed by atoms with van der Waals surface area (Å²) in [6, 6.07) is 26.2. The predicted octanol–water partition coefficient (Wildman–Crippen LogP) is 6.44. The van der Waals surface area contributed by atoms with Crippen molar-refractivity contribution in [3.63, 3.8) is 0 Å². The SMILES string of the molecule is Cc1cccc2cccc(CN3CCN(CCSCc4cccc(CN5CCCCC5)c4)C3=C(C#N)C#N)c12. The second-order valence-electron chi connectivity index (χ2n) is 10.6. The van der Waals surface area contributed by atoms with Gasteiger partial charge in [-0.15, -0.1) is 0 Å². The van der Waals surface area contributed by atoms with E-state index in [1.807, 2.05) is 11.8 Å². The smallest absolute Gasteiger partial charge is 0.169 e. The summed E-state index contributed by atoms with van der Waals surface area (Å²) in [5.74, 6) is 2.71. The molecule has 2 fully saturated rings. The Bertz CT molecular complexity index is 1390. The average Bonchev–Trinajstić information content (AvgIpc) is 3.35. The van der Waals surface area contributed by atoms with Crippen LogP contribution in [0, 0.1) is 29.6 Å². The zero-order valence-electron chi connectivity index (χ0n) is 22.9. The number of hydrogen-bond acceptors (Lipinski definition) is 6. The molecule has 2 heterocycles. The molecule has 3 aromatic rings. The maximum Gasteiger partial charge on any atom is 0.169 e. The number of hydrogen-bond donors (Lipinski definition) is 0. The van der Waals surface area contributed by atoms with Gasteiger partial charge >= 0.3 is 0 Å². The molecule has 3 aromatic carbocycles. The highest BCUT2D eigenvalue weighted by molar-refractivity contribution is 7.98. The van der Waals surface area contributed by atoms with Crippen molar-refractivity contribution in [1.29, 1.82) is 10.5 Å². The van der Waals surface area contributed by atoms with Gasteiger partial charge in [0.05, 0.1) is 0 Å². The highest BCUT2D eigenvalue weighted by Crippen LogP contribution is 2.29. The van der Waals surface area contributed by atoms with Crippen molar-refractivity contribution in [2.75, 3.05) is 38.5 Å². The van der Waals surface area contributed by atoms with Crippen LogP contribution >= 0.6 is 11.8 Å². The monoisotopic (exact) mass is 535 g/mol. The van der Waals surface area contributed by atoms with Gasteiger partial charge in [-0.3, -0.25) is 4.90 Å². The van der Waals surface area contributed by atoms with Crippen LogP contribution in [0.25, 0.3) is 10.8 Å². The standard InChI is InChI=1S/C33H37N5S/c1-26-8-5-11-29-12-7-13-30(32(26)29)24-38-17-16-37(33(38)31(21-34)22-35)18-19-39-25-28-10-6-9-27(20-28)23-36-14-3-2-4-15-36/h5-13,20H,2-4,14-19,23-25H2,1H3.